The average molecular weight is 705 g/mol. The van der Waals surface area contributed by atoms with Gasteiger partial charge < -0.3 is 13.4 Å². The maximum Gasteiger partial charge on any atom is 0.164 e. The van der Waals surface area contributed by atoms with Crippen LogP contribution in [0.3, 0.4) is 0 Å². The van der Waals surface area contributed by atoms with Gasteiger partial charge in [-0.2, -0.15) is 0 Å². The van der Waals surface area contributed by atoms with E-state index in [0.717, 1.165) is 98.8 Å². The smallest absolute Gasteiger partial charge is 0.164 e. The van der Waals surface area contributed by atoms with E-state index in [2.05, 4.69) is 102 Å². The molecule has 6 nitrogen and oxygen atoms in total. The van der Waals surface area contributed by atoms with Crippen LogP contribution in [0.4, 0.5) is 0 Å². The molecule has 55 heavy (non-hydrogen) atoms. The Hall–Kier alpha value is -7.57. The van der Waals surface area contributed by atoms with Crippen LogP contribution in [-0.4, -0.2) is 19.5 Å². The fourth-order valence-corrected chi connectivity index (χ4v) is 8.41. The third-order valence-corrected chi connectivity index (χ3v) is 10.8. The molecule has 12 rings (SSSR count). The van der Waals surface area contributed by atoms with E-state index in [1.165, 1.54) is 0 Å². The maximum atomic E-state index is 6.85. The fourth-order valence-electron chi connectivity index (χ4n) is 8.41. The second kappa shape index (κ2) is 11.5. The Balaban J connectivity index is 1.20. The minimum absolute atomic E-state index is 0.596. The number of furan rings is 2. The van der Waals surface area contributed by atoms with Crippen molar-refractivity contribution >= 4 is 76.5 Å². The lowest BCUT2D eigenvalue weighted by Crippen LogP contribution is -2.00. The quantitative estimate of drug-likeness (QED) is 0.182. The minimum atomic E-state index is 0.596. The molecule has 0 aliphatic carbocycles. The summed E-state index contributed by atoms with van der Waals surface area (Å²) < 4.78 is 15.9. The van der Waals surface area contributed by atoms with Crippen molar-refractivity contribution in [2.75, 3.05) is 0 Å². The molecule has 12 aromatic rings. The van der Waals surface area contributed by atoms with E-state index in [4.69, 9.17) is 23.8 Å². The molecule has 0 fully saturated rings. The van der Waals surface area contributed by atoms with Crippen molar-refractivity contribution in [2.24, 2.45) is 0 Å². The number of para-hydroxylation sites is 2. The molecule has 256 valence electrons. The van der Waals surface area contributed by atoms with Crippen LogP contribution in [0, 0.1) is 0 Å². The molecular formula is C49H28N4O2. The van der Waals surface area contributed by atoms with Crippen LogP contribution in [0.2, 0.25) is 0 Å². The fraction of sp³-hybridized carbons (Fsp3) is 0. The van der Waals surface area contributed by atoms with Gasteiger partial charge in [0.1, 0.15) is 16.7 Å². The first-order valence-electron chi connectivity index (χ1n) is 18.4. The molecule has 0 atom stereocenters. The summed E-state index contributed by atoms with van der Waals surface area (Å²) in [6, 6.07) is 58.3. The van der Waals surface area contributed by atoms with Crippen molar-refractivity contribution in [1.82, 2.24) is 19.5 Å². The van der Waals surface area contributed by atoms with Crippen molar-refractivity contribution in [3.8, 4) is 39.9 Å². The minimum Gasteiger partial charge on any atom is -0.455 e. The summed E-state index contributed by atoms with van der Waals surface area (Å²) in [5, 5.41) is 8.44. The lowest BCUT2D eigenvalue weighted by molar-refractivity contribution is 0.670. The van der Waals surface area contributed by atoms with E-state index in [1.54, 1.807) is 0 Å². The van der Waals surface area contributed by atoms with Gasteiger partial charge in [0.05, 0.1) is 22.1 Å². The first kappa shape index (κ1) is 29.9. The van der Waals surface area contributed by atoms with E-state index in [0.29, 0.717) is 17.5 Å². The Morgan fingerprint density at radius 2 is 0.945 bits per heavy atom. The van der Waals surface area contributed by atoms with Gasteiger partial charge in [0, 0.05) is 49.0 Å². The third-order valence-electron chi connectivity index (χ3n) is 10.8. The van der Waals surface area contributed by atoms with Gasteiger partial charge in [-0.15, -0.1) is 0 Å². The molecule has 0 aliphatic rings. The monoisotopic (exact) mass is 704 g/mol. The van der Waals surface area contributed by atoms with E-state index < -0.39 is 0 Å². The van der Waals surface area contributed by atoms with Gasteiger partial charge in [-0.05, 0) is 41.8 Å². The molecule has 0 N–H and O–H groups in total. The molecule has 8 aromatic carbocycles. The summed E-state index contributed by atoms with van der Waals surface area (Å²) in [7, 11) is 0. The first-order valence-corrected chi connectivity index (χ1v) is 18.4. The highest BCUT2D eigenvalue weighted by Gasteiger charge is 2.24. The summed E-state index contributed by atoms with van der Waals surface area (Å²) in [4.78, 5) is 15.3. The van der Waals surface area contributed by atoms with Crippen molar-refractivity contribution in [3.63, 3.8) is 0 Å². The number of nitrogens with zero attached hydrogens (tertiary/aromatic N) is 4. The van der Waals surface area contributed by atoms with E-state index >= 15 is 0 Å². The molecule has 0 unspecified atom stereocenters. The van der Waals surface area contributed by atoms with Crippen LogP contribution in [0.25, 0.3) is 116 Å². The number of hydrogen-bond acceptors (Lipinski definition) is 5. The summed E-state index contributed by atoms with van der Waals surface area (Å²) in [6.45, 7) is 0. The number of rotatable bonds is 4. The SMILES string of the molecule is c1ccc(-c2nc(-c3ccccc3)nc(-c3cc4c(oc5cccc(-n6c7ccccc7c7ccc8c9ccccc9oc8c76)c54)c4ccccc34)n2)cc1. The van der Waals surface area contributed by atoms with Crippen molar-refractivity contribution in [2.45, 2.75) is 0 Å². The van der Waals surface area contributed by atoms with Crippen LogP contribution in [0.15, 0.2) is 179 Å². The highest BCUT2D eigenvalue weighted by molar-refractivity contribution is 6.24. The molecule has 0 spiro atoms. The molecule has 0 bridgehead atoms. The van der Waals surface area contributed by atoms with Crippen molar-refractivity contribution in [3.05, 3.63) is 170 Å². The van der Waals surface area contributed by atoms with Crippen LogP contribution >= 0.6 is 0 Å². The second-order valence-electron chi connectivity index (χ2n) is 13.9. The maximum absolute atomic E-state index is 6.85. The zero-order valence-corrected chi connectivity index (χ0v) is 29.3. The molecule has 4 heterocycles. The Labute approximate surface area is 313 Å². The Kier molecular flexibility index (Phi) is 6.24. The second-order valence-corrected chi connectivity index (χ2v) is 13.9. The zero-order valence-electron chi connectivity index (χ0n) is 29.3. The molecule has 0 saturated carbocycles. The number of benzene rings is 8. The largest absolute Gasteiger partial charge is 0.455 e. The Morgan fingerprint density at radius 1 is 0.382 bits per heavy atom. The number of aromatic nitrogens is 4. The van der Waals surface area contributed by atoms with E-state index in [9.17, 15) is 0 Å². The predicted octanol–water partition coefficient (Wildman–Crippen LogP) is 12.9. The zero-order chi connectivity index (χ0) is 36.0. The number of hydrogen-bond donors (Lipinski definition) is 0. The molecule has 0 saturated heterocycles. The topological polar surface area (TPSA) is 69.9 Å². The Morgan fingerprint density at radius 3 is 1.71 bits per heavy atom. The van der Waals surface area contributed by atoms with E-state index in [-0.39, 0.29) is 0 Å². The number of fused-ring (bicyclic) bond motifs is 12. The van der Waals surface area contributed by atoms with Gasteiger partial charge in [0.25, 0.3) is 0 Å². The van der Waals surface area contributed by atoms with Gasteiger partial charge in [-0.1, -0.05) is 133 Å². The van der Waals surface area contributed by atoms with Crippen molar-refractivity contribution in [1.29, 1.82) is 0 Å². The lowest BCUT2D eigenvalue weighted by Gasteiger charge is -2.12. The average Bonchev–Trinajstić information content (AvgIpc) is 3.94. The summed E-state index contributed by atoms with van der Waals surface area (Å²) >= 11 is 0. The predicted molar refractivity (Wildman–Crippen MR) is 223 cm³/mol. The van der Waals surface area contributed by atoms with Crippen LogP contribution < -0.4 is 0 Å². The molecule has 0 aliphatic heterocycles. The van der Waals surface area contributed by atoms with Gasteiger partial charge in [-0.3, -0.25) is 0 Å². The summed E-state index contributed by atoms with van der Waals surface area (Å²) in [5.41, 5.74) is 9.20. The third kappa shape index (κ3) is 4.39. The van der Waals surface area contributed by atoms with Crippen LogP contribution in [0.5, 0.6) is 0 Å². The Bertz CT molecular complexity index is 3430. The van der Waals surface area contributed by atoms with Gasteiger partial charge in [0.15, 0.2) is 23.1 Å². The lowest BCUT2D eigenvalue weighted by atomic mass is 9.99. The molecular weight excluding hydrogens is 677 g/mol. The molecule has 4 aromatic heterocycles. The highest BCUT2D eigenvalue weighted by Crippen LogP contribution is 2.45. The van der Waals surface area contributed by atoms with Crippen LogP contribution in [0.1, 0.15) is 0 Å². The highest BCUT2D eigenvalue weighted by atomic mass is 16.3. The summed E-state index contributed by atoms with van der Waals surface area (Å²) in [6.07, 6.45) is 0. The summed E-state index contributed by atoms with van der Waals surface area (Å²) in [5.74, 6) is 1.83. The van der Waals surface area contributed by atoms with Gasteiger partial charge >= 0.3 is 0 Å². The first-order chi connectivity index (χ1) is 27.3. The standard InChI is InChI=1S/C49H28N4O2/c1-3-14-29(15-4-1)47-50-48(30-16-5-2-6-17-30)52-49(51-47)37-28-38-43-40(23-13-25-42(43)55-45(38)35-21-8-7-18-31(35)37)53-39-22-11-9-19-32(39)34-26-27-36-33-20-10-12-24-41(33)54-46(36)44(34)53/h1-28H. The normalized spacial score (nSPS) is 12.0. The molecule has 6 heteroatoms. The molecule has 0 amide bonds. The molecule has 0 radical (unpaired) electrons. The van der Waals surface area contributed by atoms with Gasteiger partial charge in [-0.25, -0.2) is 15.0 Å². The van der Waals surface area contributed by atoms with Gasteiger partial charge in [0.2, 0.25) is 0 Å². The van der Waals surface area contributed by atoms with Crippen molar-refractivity contribution < 1.29 is 8.83 Å². The van der Waals surface area contributed by atoms with Crippen LogP contribution in [-0.2, 0) is 0 Å². The van der Waals surface area contributed by atoms with E-state index in [1.807, 2.05) is 72.8 Å².